The van der Waals surface area contributed by atoms with E-state index in [9.17, 15) is 4.21 Å². The number of aryl methyl sites for hydroxylation is 1. The Balaban J connectivity index is 2.29. The molecule has 0 spiro atoms. The molecular weight excluding hydrogens is 248 g/mol. The molecule has 1 unspecified atom stereocenters. The van der Waals surface area contributed by atoms with Crippen LogP contribution in [0.5, 0.6) is 0 Å². The molecule has 0 aliphatic carbocycles. The van der Waals surface area contributed by atoms with Crippen molar-refractivity contribution in [1.82, 2.24) is 19.5 Å². The predicted molar refractivity (Wildman–Crippen MR) is 59.1 cm³/mol. The van der Waals surface area contributed by atoms with Crippen molar-refractivity contribution in [3.8, 4) is 5.82 Å². The third-order valence-corrected chi connectivity index (χ3v) is 4.01. The molecule has 3 rings (SSSR count). The van der Waals surface area contributed by atoms with Crippen molar-refractivity contribution in [3.63, 3.8) is 0 Å². The van der Waals surface area contributed by atoms with Crippen LogP contribution in [0.15, 0.2) is 23.6 Å². The van der Waals surface area contributed by atoms with E-state index in [4.69, 9.17) is 11.6 Å². The molecule has 7 heteroatoms. The highest BCUT2D eigenvalue weighted by atomic mass is 35.5. The van der Waals surface area contributed by atoms with E-state index in [0.29, 0.717) is 22.9 Å². The number of nitrogens with zero attached hydrogens (tertiary/aromatic N) is 4. The summed E-state index contributed by atoms with van der Waals surface area (Å²) in [6.07, 6.45) is 5.68. The summed E-state index contributed by atoms with van der Waals surface area (Å²) in [5.74, 6) is 1.16. The standard InChI is InChI=1S/C9H7ClN4OS/c10-9-12-6-1-4-16(15)7(6)8(13-9)14-3-2-11-5-14/h2-3,5H,1,4H2. The lowest BCUT2D eigenvalue weighted by atomic mass is 10.3. The summed E-state index contributed by atoms with van der Waals surface area (Å²) in [7, 11) is -1.03. The Morgan fingerprint density at radius 3 is 3.06 bits per heavy atom. The van der Waals surface area contributed by atoms with Crippen molar-refractivity contribution < 1.29 is 4.21 Å². The molecule has 0 N–H and O–H groups in total. The number of halogens is 1. The van der Waals surface area contributed by atoms with E-state index in [1.807, 2.05) is 0 Å². The summed E-state index contributed by atoms with van der Waals surface area (Å²) < 4.78 is 13.6. The van der Waals surface area contributed by atoms with Crippen LogP contribution < -0.4 is 0 Å². The molecule has 5 nitrogen and oxygen atoms in total. The first kappa shape index (κ1) is 9.92. The highest BCUT2D eigenvalue weighted by molar-refractivity contribution is 7.85. The molecule has 0 saturated carbocycles. The molecule has 82 valence electrons. The third kappa shape index (κ3) is 1.45. The van der Waals surface area contributed by atoms with Gasteiger partial charge in [0.05, 0.1) is 16.5 Å². The van der Waals surface area contributed by atoms with Crippen molar-refractivity contribution in [2.24, 2.45) is 0 Å². The SMILES string of the molecule is O=S1CCc2nc(Cl)nc(-n3ccnc3)c21. The van der Waals surface area contributed by atoms with E-state index in [0.717, 1.165) is 5.69 Å². The highest BCUT2D eigenvalue weighted by Crippen LogP contribution is 2.27. The van der Waals surface area contributed by atoms with Crippen LogP contribution >= 0.6 is 11.6 Å². The molecule has 1 atom stereocenters. The molecule has 0 amide bonds. The average Bonchev–Trinajstić information content (AvgIpc) is 2.87. The lowest BCUT2D eigenvalue weighted by Gasteiger charge is -2.06. The van der Waals surface area contributed by atoms with Crippen molar-refractivity contribution >= 4 is 22.4 Å². The molecule has 0 fully saturated rings. The van der Waals surface area contributed by atoms with E-state index in [1.165, 1.54) is 0 Å². The summed E-state index contributed by atoms with van der Waals surface area (Å²) >= 11 is 5.84. The second kappa shape index (κ2) is 3.64. The van der Waals surface area contributed by atoms with Gasteiger partial charge in [0.2, 0.25) is 5.28 Å². The van der Waals surface area contributed by atoms with Gasteiger partial charge >= 0.3 is 0 Å². The monoisotopic (exact) mass is 254 g/mol. The van der Waals surface area contributed by atoms with Crippen LogP contribution in [0.3, 0.4) is 0 Å². The molecule has 2 aromatic rings. The topological polar surface area (TPSA) is 60.7 Å². The van der Waals surface area contributed by atoms with Gasteiger partial charge in [0.1, 0.15) is 11.2 Å². The van der Waals surface area contributed by atoms with Gasteiger partial charge in [-0.2, -0.15) is 4.98 Å². The molecule has 3 heterocycles. The Morgan fingerprint density at radius 2 is 2.31 bits per heavy atom. The van der Waals surface area contributed by atoms with Crippen molar-refractivity contribution in [2.75, 3.05) is 5.75 Å². The number of hydrogen-bond acceptors (Lipinski definition) is 4. The Hall–Kier alpha value is -1.27. The van der Waals surface area contributed by atoms with Gasteiger partial charge in [0.25, 0.3) is 0 Å². The highest BCUT2D eigenvalue weighted by Gasteiger charge is 2.26. The fourth-order valence-electron chi connectivity index (χ4n) is 1.71. The van der Waals surface area contributed by atoms with Crippen LogP contribution in [0.25, 0.3) is 5.82 Å². The quantitative estimate of drug-likeness (QED) is 0.712. The molecule has 16 heavy (non-hydrogen) atoms. The maximum Gasteiger partial charge on any atom is 0.224 e. The maximum absolute atomic E-state index is 11.8. The molecule has 1 aliphatic heterocycles. The maximum atomic E-state index is 11.8. The molecule has 0 aromatic carbocycles. The number of fused-ring (bicyclic) bond motifs is 1. The number of hydrogen-bond donors (Lipinski definition) is 0. The smallest absolute Gasteiger partial charge is 0.224 e. The normalized spacial score (nSPS) is 18.7. The number of imidazole rings is 1. The fraction of sp³-hybridized carbons (Fsp3) is 0.222. The minimum Gasteiger partial charge on any atom is -0.289 e. The van der Waals surface area contributed by atoms with Gasteiger partial charge in [0.15, 0.2) is 5.82 Å². The largest absolute Gasteiger partial charge is 0.289 e. The second-order valence-corrected chi connectivity index (χ2v) is 5.21. The van der Waals surface area contributed by atoms with Crippen molar-refractivity contribution in [3.05, 3.63) is 29.7 Å². The van der Waals surface area contributed by atoms with Crippen LogP contribution in [0.4, 0.5) is 0 Å². The summed E-state index contributed by atoms with van der Waals surface area (Å²) in [6.45, 7) is 0. The lowest BCUT2D eigenvalue weighted by molar-refractivity contribution is 0.684. The Bertz CT molecular complexity index is 569. The molecule has 0 radical (unpaired) electrons. The zero-order chi connectivity index (χ0) is 11.1. The Labute approximate surface area is 99.0 Å². The van der Waals surface area contributed by atoms with Crippen LogP contribution in [0.2, 0.25) is 5.28 Å². The van der Waals surface area contributed by atoms with Crippen LogP contribution in [-0.4, -0.2) is 29.5 Å². The first-order chi connectivity index (χ1) is 7.75. The lowest BCUT2D eigenvalue weighted by Crippen LogP contribution is -2.04. The van der Waals surface area contributed by atoms with E-state index in [1.54, 1.807) is 23.3 Å². The fourth-order valence-corrected chi connectivity index (χ4v) is 3.24. The first-order valence-electron chi connectivity index (χ1n) is 4.69. The minimum absolute atomic E-state index is 0.182. The molecule has 2 aromatic heterocycles. The van der Waals surface area contributed by atoms with E-state index in [2.05, 4.69) is 15.0 Å². The van der Waals surface area contributed by atoms with Gasteiger partial charge in [-0.3, -0.25) is 8.78 Å². The molecule has 0 saturated heterocycles. The van der Waals surface area contributed by atoms with E-state index < -0.39 is 10.8 Å². The van der Waals surface area contributed by atoms with Gasteiger partial charge < -0.3 is 0 Å². The predicted octanol–water partition coefficient (Wildman–Crippen LogP) is 0.979. The summed E-state index contributed by atoms with van der Waals surface area (Å²) in [5.41, 5.74) is 0.780. The van der Waals surface area contributed by atoms with Gasteiger partial charge in [-0.1, -0.05) is 0 Å². The molecular formula is C9H7ClN4OS. The molecule has 1 aliphatic rings. The number of rotatable bonds is 1. The van der Waals surface area contributed by atoms with Crippen LogP contribution in [0.1, 0.15) is 5.69 Å². The van der Waals surface area contributed by atoms with Crippen molar-refractivity contribution in [1.29, 1.82) is 0 Å². The average molecular weight is 255 g/mol. The van der Waals surface area contributed by atoms with Crippen LogP contribution in [0, 0.1) is 0 Å². The number of aromatic nitrogens is 4. The van der Waals surface area contributed by atoms with Gasteiger partial charge in [-0.25, -0.2) is 9.97 Å². The minimum atomic E-state index is -1.03. The summed E-state index contributed by atoms with van der Waals surface area (Å²) in [4.78, 5) is 12.8. The van der Waals surface area contributed by atoms with Crippen molar-refractivity contribution in [2.45, 2.75) is 11.3 Å². The van der Waals surface area contributed by atoms with Gasteiger partial charge in [-0.05, 0) is 11.6 Å². The van der Waals surface area contributed by atoms with Gasteiger partial charge in [0, 0.05) is 24.6 Å². The van der Waals surface area contributed by atoms with E-state index >= 15 is 0 Å². The second-order valence-electron chi connectivity index (χ2n) is 3.36. The third-order valence-electron chi connectivity index (χ3n) is 2.39. The van der Waals surface area contributed by atoms with E-state index in [-0.39, 0.29) is 5.28 Å². The summed E-state index contributed by atoms with van der Waals surface area (Å²) in [6, 6.07) is 0. The Morgan fingerprint density at radius 1 is 1.44 bits per heavy atom. The summed E-state index contributed by atoms with van der Waals surface area (Å²) in [5, 5.41) is 0.182. The molecule has 0 bridgehead atoms. The Kier molecular flexibility index (Phi) is 2.26. The zero-order valence-corrected chi connectivity index (χ0v) is 9.70. The first-order valence-corrected chi connectivity index (χ1v) is 6.38. The zero-order valence-electron chi connectivity index (χ0n) is 8.13. The van der Waals surface area contributed by atoms with Gasteiger partial charge in [-0.15, -0.1) is 0 Å². The van der Waals surface area contributed by atoms with Crippen LogP contribution in [-0.2, 0) is 17.2 Å².